The Balaban J connectivity index is 1.45. The molecule has 3 aromatic rings. The van der Waals surface area contributed by atoms with Crippen LogP contribution in [-0.4, -0.2) is 46.5 Å². The molecule has 3 N–H and O–H groups in total. The minimum atomic E-state index is -1.14. The van der Waals surface area contributed by atoms with Crippen molar-refractivity contribution in [1.29, 1.82) is 0 Å². The molecule has 1 aromatic carbocycles. The third-order valence-corrected chi connectivity index (χ3v) is 5.06. The molecule has 8 nitrogen and oxygen atoms in total. The Kier molecular flexibility index (Phi) is 5.24. The molecule has 0 fully saturated rings. The number of hydrogen-bond acceptors (Lipinski definition) is 6. The number of aromatic nitrogens is 1. The fraction of sp³-hybridized carbons (Fsp3) is 0.227. The molecule has 0 spiro atoms. The van der Waals surface area contributed by atoms with Crippen LogP contribution < -0.4 is 10.6 Å². The Labute approximate surface area is 173 Å². The van der Waals surface area contributed by atoms with Gasteiger partial charge in [-0.2, -0.15) is 0 Å². The molecule has 0 saturated carbocycles. The molecule has 3 heterocycles. The average molecular weight is 406 g/mol. The number of hydrogen-bond donors (Lipinski definition) is 3. The second kappa shape index (κ2) is 8.00. The molecule has 2 amide bonds. The lowest BCUT2D eigenvalue weighted by Crippen LogP contribution is -2.30. The summed E-state index contributed by atoms with van der Waals surface area (Å²) in [6, 6.07) is 9.55. The molecule has 1 aliphatic heterocycles. The summed E-state index contributed by atoms with van der Waals surface area (Å²) in [5.74, 6) is 0.416. The number of likely N-dealkylation sites (N-methyl/N-ethyl adjacent to an activating group) is 1. The largest absolute Gasteiger partial charge is 0.459 e. The lowest BCUT2D eigenvalue weighted by molar-refractivity contribution is -0.125. The van der Waals surface area contributed by atoms with E-state index in [9.17, 15) is 14.7 Å². The highest BCUT2D eigenvalue weighted by molar-refractivity contribution is 5.98. The molecule has 0 radical (unpaired) electrons. The molecule has 1 aliphatic rings. The number of aryl methyl sites for hydroxylation is 1. The zero-order valence-corrected chi connectivity index (χ0v) is 16.7. The van der Waals surface area contributed by atoms with Crippen molar-refractivity contribution in [3.8, 4) is 0 Å². The van der Waals surface area contributed by atoms with Gasteiger partial charge in [-0.25, -0.2) is 4.98 Å². The molecule has 1 unspecified atom stereocenters. The van der Waals surface area contributed by atoms with E-state index in [0.29, 0.717) is 23.6 Å². The van der Waals surface area contributed by atoms with Gasteiger partial charge in [0.2, 0.25) is 5.91 Å². The van der Waals surface area contributed by atoms with Crippen LogP contribution in [-0.2, 0) is 16.1 Å². The third kappa shape index (κ3) is 3.90. The number of aliphatic hydroxyl groups excluding tert-OH is 1. The van der Waals surface area contributed by atoms with E-state index in [1.54, 1.807) is 30.3 Å². The molecular weight excluding hydrogens is 384 g/mol. The predicted octanol–water partition coefficient (Wildman–Crippen LogP) is 2.53. The van der Waals surface area contributed by atoms with Gasteiger partial charge in [0.05, 0.1) is 12.2 Å². The van der Waals surface area contributed by atoms with Crippen LogP contribution in [0, 0.1) is 6.92 Å². The van der Waals surface area contributed by atoms with Gasteiger partial charge in [0, 0.05) is 36.8 Å². The van der Waals surface area contributed by atoms with E-state index in [1.165, 1.54) is 6.08 Å². The summed E-state index contributed by atoms with van der Waals surface area (Å²) in [6.45, 7) is 2.43. The second-order valence-corrected chi connectivity index (χ2v) is 7.22. The number of anilines is 2. The molecule has 4 rings (SSSR count). The number of aliphatic hydroxyl groups is 1. The summed E-state index contributed by atoms with van der Waals surface area (Å²) in [4.78, 5) is 30.0. The molecule has 2 aromatic heterocycles. The molecule has 30 heavy (non-hydrogen) atoms. The van der Waals surface area contributed by atoms with E-state index >= 15 is 0 Å². The topological polar surface area (TPSA) is 108 Å². The molecule has 154 valence electrons. The maximum Gasteiger partial charge on any atom is 0.256 e. The van der Waals surface area contributed by atoms with Crippen molar-refractivity contribution >= 4 is 40.4 Å². The lowest BCUT2D eigenvalue weighted by Gasteiger charge is -2.14. The second-order valence-electron chi connectivity index (χ2n) is 7.22. The lowest BCUT2D eigenvalue weighted by atomic mass is 10.1. The quantitative estimate of drug-likeness (QED) is 0.575. The first kappa shape index (κ1) is 19.7. The Bertz CT molecular complexity index is 1150. The van der Waals surface area contributed by atoms with Gasteiger partial charge in [-0.3, -0.25) is 9.59 Å². The van der Waals surface area contributed by atoms with Gasteiger partial charge >= 0.3 is 0 Å². The number of para-hydroxylation sites is 1. The minimum Gasteiger partial charge on any atom is -0.459 e. The minimum absolute atomic E-state index is 0.0895. The molecule has 0 aliphatic carbocycles. The van der Waals surface area contributed by atoms with Crippen LogP contribution in [0.15, 0.2) is 47.0 Å². The van der Waals surface area contributed by atoms with Gasteiger partial charge in [-0.15, -0.1) is 0 Å². The van der Waals surface area contributed by atoms with Crippen molar-refractivity contribution in [2.75, 3.05) is 24.2 Å². The SMILES string of the molecule is Cc1c(CN(C)C(=O)C=Cc2cnc3c(c2)NCC(O)C(=O)N3)oc2ccccc12. The maximum atomic E-state index is 12.5. The summed E-state index contributed by atoms with van der Waals surface area (Å²) in [7, 11) is 1.72. The van der Waals surface area contributed by atoms with E-state index in [4.69, 9.17) is 4.42 Å². The van der Waals surface area contributed by atoms with Gasteiger partial charge < -0.3 is 25.1 Å². The van der Waals surface area contributed by atoms with Crippen LogP contribution in [0.25, 0.3) is 17.0 Å². The Morgan fingerprint density at radius 1 is 1.40 bits per heavy atom. The molecule has 1 atom stereocenters. The summed E-state index contributed by atoms with van der Waals surface area (Å²) in [5.41, 5.74) is 3.11. The number of carbonyl (C=O) groups excluding carboxylic acids is 2. The van der Waals surface area contributed by atoms with E-state index in [1.807, 2.05) is 31.2 Å². The first-order valence-corrected chi connectivity index (χ1v) is 9.55. The van der Waals surface area contributed by atoms with E-state index in [0.717, 1.165) is 22.3 Å². The van der Waals surface area contributed by atoms with Crippen LogP contribution in [0.1, 0.15) is 16.9 Å². The number of carbonyl (C=O) groups is 2. The molecule has 0 saturated heterocycles. The van der Waals surface area contributed by atoms with Crippen molar-refractivity contribution in [3.63, 3.8) is 0 Å². The summed E-state index contributed by atoms with van der Waals surface area (Å²) in [6.07, 6.45) is 3.52. The number of benzene rings is 1. The fourth-order valence-corrected chi connectivity index (χ4v) is 3.27. The number of amides is 2. The fourth-order valence-electron chi connectivity index (χ4n) is 3.27. The Morgan fingerprint density at radius 3 is 3.00 bits per heavy atom. The average Bonchev–Trinajstić information content (AvgIpc) is 2.98. The first-order valence-electron chi connectivity index (χ1n) is 9.55. The Morgan fingerprint density at radius 2 is 2.20 bits per heavy atom. The number of nitrogens with zero attached hydrogens (tertiary/aromatic N) is 2. The van der Waals surface area contributed by atoms with Crippen molar-refractivity contribution in [3.05, 3.63) is 59.5 Å². The van der Waals surface area contributed by atoms with Gasteiger partial charge in [0.1, 0.15) is 17.4 Å². The molecular formula is C22H22N4O4. The highest BCUT2D eigenvalue weighted by atomic mass is 16.3. The maximum absolute atomic E-state index is 12.5. The van der Waals surface area contributed by atoms with Crippen LogP contribution in [0.3, 0.4) is 0 Å². The number of nitrogens with one attached hydrogen (secondary N) is 2. The van der Waals surface area contributed by atoms with Crippen LogP contribution in [0.4, 0.5) is 11.5 Å². The van der Waals surface area contributed by atoms with E-state index in [-0.39, 0.29) is 12.5 Å². The van der Waals surface area contributed by atoms with Crippen molar-refractivity contribution in [2.24, 2.45) is 0 Å². The number of pyridine rings is 1. The van der Waals surface area contributed by atoms with Crippen molar-refractivity contribution < 1.29 is 19.1 Å². The highest BCUT2D eigenvalue weighted by Crippen LogP contribution is 2.26. The zero-order chi connectivity index (χ0) is 21.3. The summed E-state index contributed by atoms with van der Waals surface area (Å²) in [5, 5.41) is 16.2. The van der Waals surface area contributed by atoms with Crippen LogP contribution in [0.2, 0.25) is 0 Å². The number of furan rings is 1. The molecule has 8 heteroatoms. The van der Waals surface area contributed by atoms with Gasteiger partial charge in [0.25, 0.3) is 5.91 Å². The zero-order valence-electron chi connectivity index (χ0n) is 16.7. The van der Waals surface area contributed by atoms with Gasteiger partial charge in [0.15, 0.2) is 5.82 Å². The standard InChI is InChI=1S/C22H22N4O4/c1-13-15-5-3-4-6-18(15)30-19(13)12-26(2)20(28)8-7-14-9-16-21(24-10-14)25-22(29)17(27)11-23-16/h3-10,17,23,27H,11-12H2,1-2H3,(H,24,25,29). The third-order valence-electron chi connectivity index (χ3n) is 5.06. The first-order chi connectivity index (χ1) is 14.4. The van der Waals surface area contributed by atoms with Gasteiger partial charge in [-0.05, 0) is 30.7 Å². The van der Waals surface area contributed by atoms with Crippen molar-refractivity contribution in [2.45, 2.75) is 19.6 Å². The normalized spacial score (nSPS) is 16.1. The number of rotatable bonds is 4. The smallest absolute Gasteiger partial charge is 0.256 e. The van der Waals surface area contributed by atoms with E-state index in [2.05, 4.69) is 15.6 Å². The van der Waals surface area contributed by atoms with Gasteiger partial charge in [-0.1, -0.05) is 18.2 Å². The highest BCUT2D eigenvalue weighted by Gasteiger charge is 2.21. The number of β-amino-alcohol motifs (C(OH)–C–C–N with tert-alkyl or cyclic N) is 1. The predicted molar refractivity (Wildman–Crippen MR) is 114 cm³/mol. The molecule has 0 bridgehead atoms. The number of fused-ring (bicyclic) bond motifs is 2. The van der Waals surface area contributed by atoms with Crippen molar-refractivity contribution in [1.82, 2.24) is 9.88 Å². The Hall–Kier alpha value is -3.65. The summed E-state index contributed by atoms with van der Waals surface area (Å²) < 4.78 is 5.88. The van der Waals surface area contributed by atoms with Crippen LogP contribution >= 0.6 is 0 Å². The monoisotopic (exact) mass is 406 g/mol. The summed E-state index contributed by atoms with van der Waals surface area (Å²) >= 11 is 0. The van der Waals surface area contributed by atoms with Crippen LogP contribution in [0.5, 0.6) is 0 Å². The van der Waals surface area contributed by atoms with E-state index < -0.39 is 12.0 Å².